The van der Waals surface area contributed by atoms with Crippen LogP contribution in [-0.2, 0) is 0 Å². The molecule has 0 amide bonds. The second-order valence-electron chi connectivity index (χ2n) is 5.08. The van der Waals surface area contributed by atoms with E-state index in [1.165, 1.54) is 10.6 Å². The topological polar surface area (TPSA) is 17.1 Å². The van der Waals surface area contributed by atoms with Crippen LogP contribution in [0.4, 0.5) is 0 Å². The molecule has 0 aromatic heterocycles. The fourth-order valence-corrected chi connectivity index (χ4v) is 5.33. The Morgan fingerprint density at radius 2 is 1.76 bits per heavy atom. The molecule has 2 aromatic carbocycles. The molecule has 1 nitrogen and oxygen atoms in total. The summed E-state index contributed by atoms with van der Waals surface area (Å²) in [6.07, 6.45) is 0.835. The van der Waals surface area contributed by atoms with Gasteiger partial charge in [0.05, 0.1) is 5.02 Å². The van der Waals surface area contributed by atoms with Crippen LogP contribution < -0.4 is 29.5 Å². The Bertz CT molecular complexity index is 596. The van der Waals surface area contributed by atoms with Crippen molar-refractivity contribution in [2.24, 2.45) is 0 Å². The standard InChI is InChI=1S/C17H18ClOP.Li.H/c1-12(2)20(14-7-5-4-6-8-14)15-9-13(3)16(11-19)17(18)10-15;;/h4-12H,1-3H3;;/q;+1;-1. The van der Waals surface area contributed by atoms with Gasteiger partial charge in [0, 0.05) is 5.56 Å². The van der Waals surface area contributed by atoms with Gasteiger partial charge in [-0.15, -0.1) is 0 Å². The van der Waals surface area contributed by atoms with Crippen molar-refractivity contribution in [1.82, 2.24) is 0 Å². The molecule has 1 atom stereocenters. The maximum Gasteiger partial charge on any atom is 1.00 e. The molecule has 0 bridgehead atoms. The van der Waals surface area contributed by atoms with E-state index in [1.54, 1.807) is 0 Å². The minimum atomic E-state index is -0.460. The molecule has 0 saturated heterocycles. The van der Waals surface area contributed by atoms with Gasteiger partial charge in [-0.25, -0.2) is 0 Å². The second kappa shape index (κ2) is 8.16. The van der Waals surface area contributed by atoms with E-state index in [0.717, 1.165) is 11.8 Å². The molecule has 0 radical (unpaired) electrons. The van der Waals surface area contributed by atoms with Crippen molar-refractivity contribution in [2.75, 3.05) is 0 Å². The zero-order chi connectivity index (χ0) is 14.7. The third-order valence-electron chi connectivity index (χ3n) is 3.27. The average molecular weight is 313 g/mol. The van der Waals surface area contributed by atoms with Crippen LogP contribution in [0.3, 0.4) is 0 Å². The van der Waals surface area contributed by atoms with Gasteiger partial charge in [0.15, 0.2) is 6.29 Å². The quantitative estimate of drug-likeness (QED) is 0.474. The summed E-state index contributed by atoms with van der Waals surface area (Å²) in [4.78, 5) is 11.1. The van der Waals surface area contributed by atoms with Crippen molar-refractivity contribution < 1.29 is 25.1 Å². The number of carbonyl (C=O) groups is 1. The van der Waals surface area contributed by atoms with Crippen LogP contribution in [0, 0.1) is 6.92 Å². The van der Waals surface area contributed by atoms with E-state index in [2.05, 4.69) is 44.2 Å². The van der Waals surface area contributed by atoms with Crippen molar-refractivity contribution in [3.63, 3.8) is 0 Å². The zero-order valence-electron chi connectivity index (χ0n) is 13.9. The molecule has 2 rings (SSSR count). The predicted octanol–water partition coefficient (Wildman–Crippen LogP) is 1.42. The molecule has 21 heavy (non-hydrogen) atoms. The predicted molar refractivity (Wildman–Crippen MR) is 90.5 cm³/mol. The minimum absolute atomic E-state index is 0. The Hall–Kier alpha value is -0.573. The minimum Gasteiger partial charge on any atom is -1.00 e. The number of rotatable bonds is 4. The summed E-state index contributed by atoms with van der Waals surface area (Å²) >= 11 is 6.25. The number of aryl methyl sites for hydroxylation is 1. The Kier molecular flexibility index (Phi) is 7.18. The van der Waals surface area contributed by atoms with Crippen LogP contribution in [-0.4, -0.2) is 11.9 Å². The second-order valence-corrected chi connectivity index (χ2v) is 8.29. The van der Waals surface area contributed by atoms with Gasteiger partial charge in [0.25, 0.3) is 0 Å². The summed E-state index contributed by atoms with van der Waals surface area (Å²) in [5.74, 6) is 0. The van der Waals surface area contributed by atoms with Crippen molar-refractivity contribution in [3.8, 4) is 0 Å². The molecule has 0 fully saturated rings. The Balaban J connectivity index is 0.00000220. The van der Waals surface area contributed by atoms with Gasteiger partial charge in [-0.1, -0.05) is 61.8 Å². The van der Waals surface area contributed by atoms with Crippen molar-refractivity contribution in [3.05, 3.63) is 58.6 Å². The van der Waals surface area contributed by atoms with Gasteiger partial charge in [-0.3, -0.25) is 4.79 Å². The fourth-order valence-electron chi connectivity index (χ4n) is 2.36. The number of benzene rings is 2. The van der Waals surface area contributed by atoms with Gasteiger partial charge in [-0.05, 0) is 42.7 Å². The molecule has 2 aromatic rings. The monoisotopic (exact) mass is 312 g/mol. The number of hydrogen-bond donors (Lipinski definition) is 0. The van der Waals surface area contributed by atoms with Crippen LogP contribution in [0.2, 0.25) is 5.02 Å². The maximum atomic E-state index is 11.1. The van der Waals surface area contributed by atoms with Gasteiger partial charge in [0.1, 0.15) is 0 Å². The molecule has 0 aliphatic rings. The first-order valence-electron chi connectivity index (χ1n) is 6.64. The number of hydrogen-bond acceptors (Lipinski definition) is 1. The third-order valence-corrected chi connectivity index (χ3v) is 6.28. The van der Waals surface area contributed by atoms with Gasteiger partial charge >= 0.3 is 18.9 Å². The largest absolute Gasteiger partial charge is 1.00 e. The van der Waals surface area contributed by atoms with E-state index in [4.69, 9.17) is 11.6 Å². The van der Waals surface area contributed by atoms with Crippen LogP contribution in [0.1, 0.15) is 31.2 Å². The molecule has 106 valence electrons. The molecule has 0 spiro atoms. The average Bonchev–Trinajstić information content (AvgIpc) is 2.39. The normalized spacial score (nSPS) is 11.9. The van der Waals surface area contributed by atoms with E-state index < -0.39 is 7.92 Å². The molecular weight excluding hydrogens is 294 g/mol. The fraction of sp³-hybridized carbons (Fsp3) is 0.235. The molecule has 1 unspecified atom stereocenters. The zero-order valence-corrected chi connectivity index (χ0v) is 14.6. The molecule has 4 heteroatoms. The molecule has 0 saturated carbocycles. The van der Waals surface area contributed by atoms with Crippen LogP contribution in [0.15, 0.2) is 42.5 Å². The molecule has 0 aliphatic carbocycles. The van der Waals surface area contributed by atoms with Crippen molar-refractivity contribution in [2.45, 2.75) is 26.4 Å². The summed E-state index contributed by atoms with van der Waals surface area (Å²) in [7, 11) is -0.460. The Morgan fingerprint density at radius 3 is 2.24 bits per heavy atom. The summed E-state index contributed by atoms with van der Waals surface area (Å²) in [6.45, 7) is 6.41. The van der Waals surface area contributed by atoms with Crippen LogP contribution in [0.25, 0.3) is 0 Å². The van der Waals surface area contributed by atoms with Crippen LogP contribution >= 0.6 is 19.5 Å². The maximum absolute atomic E-state index is 11.1. The summed E-state index contributed by atoms with van der Waals surface area (Å²) in [6, 6.07) is 14.6. The van der Waals surface area contributed by atoms with Crippen molar-refractivity contribution in [1.29, 1.82) is 0 Å². The first-order chi connectivity index (χ1) is 9.54. The Labute approximate surface area is 146 Å². The first kappa shape index (κ1) is 18.5. The van der Waals surface area contributed by atoms with E-state index >= 15 is 0 Å². The number of halogens is 1. The summed E-state index contributed by atoms with van der Waals surface area (Å²) < 4.78 is 0. The van der Waals surface area contributed by atoms with Gasteiger partial charge < -0.3 is 1.43 Å². The van der Waals surface area contributed by atoms with E-state index in [9.17, 15) is 4.79 Å². The Morgan fingerprint density at radius 1 is 1.14 bits per heavy atom. The summed E-state index contributed by atoms with van der Waals surface area (Å²) in [5, 5.41) is 3.13. The SMILES string of the molecule is Cc1cc(P(c2ccccc2)C(C)C)cc(Cl)c1C=O.[H-].[Li+]. The molecule has 0 N–H and O–H groups in total. The number of carbonyl (C=O) groups excluding carboxylic acids is 1. The third kappa shape index (κ3) is 4.21. The smallest absolute Gasteiger partial charge is 1.00 e. The molecule has 0 heterocycles. The van der Waals surface area contributed by atoms with E-state index in [-0.39, 0.29) is 20.3 Å². The van der Waals surface area contributed by atoms with E-state index in [1.807, 2.05) is 19.1 Å². The van der Waals surface area contributed by atoms with Gasteiger partial charge in [0.2, 0.25) is 0 Å². The van der Waals surface area contributed by atoms with Crippen molar-refractivity contribution >= 4 is 36.4 Å². The van der Waals surface area contributed by atoms with E-state index in [0.29, 0.717) is 16.2 Å². The number of aldehydes is 1. The first-order valence-corrected chi connectivity index (χ1v) is 8.43. The summed E-state index contributed by atoms with van der Waals surface area (Å²) in [5.41, 5.74) is 2.07. The molecule has 0 aliphatic heterocycles. The molecular formula is C17H19ClLiOP. The van der Waals surface area contributed by atoms with Gasteiger partial charge in [-0.2, -0.15) is 0 Å². The van der Waals surface area contributed by atoms with Crippen LogP contribution in [0.5, 0.6) is 0 Å².